The molecule has 1 atom stereocenters. The summed E-state index contributed by atoms with van der Waals surface area (Å²) >= 11 is 0. The van der Waals surface area contributed by atoms with Gasteiger partial charge in [0, 0.05) is 18.4 Å². The molecule has 1 aromatic rings. The van der Waals surface area contributed by atoms with Crippen molar-refractivity contribution in [1.29, 1.82) is 0 Å². The molecule has 0 spiro atoms. The van der Waals surface area contributed by atoms with Crippen LogP contribution in [0.15, 0.2) is 18.2 Å². The van der Waals surface area contributed by atoms with Gasteiger partial charge in [-0.3, -0.25) is 9.59 Å². The first-order valence-electron chi connectivity index (χ1n) is 5.39. The third-order valence-corrected chi connectivity index (χ3v) is 2.82. The molecular weight excluding hydrogens is 204 g/mol. The van der Waals surface area contributed by atoms with E-state index >= 15 is 0 Å². The van der Waals surface area contributed by atoms with Crippen LogP contribution in [-0.2, 0) is 9.53 Å². The van der Waals surface area contributed by atoms with Crippen LogP contribution < -0.4 is 0 Å². The minimum atomic E-state index is -0.575. The highest BCUT2D eigenvalue weighted by atomic mass is 16.6. The molecular formula is C13H14O3. The van der Waals surface area contributed by atoms with Gasteiger partial charge in [-0.05, 0) is 19.4 Å². The van der Waals surface area contributed by atoms with Gasteiger partial charge in [-0.15, -0.1) is 0 Å². The average molecular weight is 218 g/mol. The number of esters is 1. The normalized spacial score (nSPS) is 19.6. The first-order valence-corrected chi connectivity index (χ1v) is 5.39. The molecule has 3 heteroatoms. The van der Waals surface area contributed by atoms with Gasteiger partial charge in [0.1, 0.15) is 0 Å². The van der Waals surface area contributed by atoms with Gasteiger partial charge in [-0.1, -0.05) is 23.8 Å². The summed E-state index contributed by atoms with van der Waals surface area (Å²) in [5.74, 6) is -0.355. The molecule has 0 N–H and O–H groups in total. The van der Waals surface area contributed by atoms with E-state index in [9.17, 15) is 9.59 Å². The summed E-state index contributed by atoms with van der Waals surface area (Å²) in [6.07, 6.45) is 0.278. The van der Waals surface area contributed by atoms with Crippen molar-refractivity contribution in [3.05, 3.63) is 34.9 Å². The lowest BCUT2D eigenvalue weighted by molar-refractivity contribution is -0.140. The van der Waals surface area contributed by atoms with Crippen LogP contribution in [0, 0.1) is 13.8 Å². The van der Waals surface area contributed by atoms with E-state index in [0.29, 0.717) is 18.4 Å². The van der Waals surface area contributed by atoms with E-state index in [1.165, 1.54) is 0 Å². The highest BCUT2D eigenvalue weighted by molar-refractivity contribution is 6.02. The van der Waals surface area contributed by atoms with Crippen molar-refractivity contribution in [2.75, 3.05) is 0 Å². The first kappa shape index (κ1) is 10.9. The molecule has 0 aliphatic carbocycles. The van der Waals surface area contributed by atoms with E-state index in [4.69, 9.17) is 4.74 Å². The van der Waals surface area contributed by atoms with E-state index in [2.05, 4.69) is 0 Å². The SMILES string of the molecule is Cc1ccc(C(=O)C2CCC(=O)O2)c(C)c1. The van der Waals surface area contributed by atoms with Gasteiger partial charge < -0.3 is 4.74 Å². The van der Waals surface area contributed by atoms with E-state index < -0.39 is 6.10 Å². The summed E-state index contributed by atoms with van der Waals surface area (Å²) in [4.78, 5) is 23.0. The fourth-order valence-corrected chi connectivity index (χ4v) is 1.97. The monoisotopic (exact) mass is 218 g/mol. The van der Waals surface area contributed by atoms with E-state index in [-0.39, 0.29) is 11.8 Å². The zero-order valence-corrected chi connectivity index (χ0v) is 9.45. The number of carbonyl (C=O) groups is 2. The molecule has 1 heterocycles. The van der Waals surface area contributed by atoms with Gasteiger partial charge in [-0.2, -0.15) is 0 Å². The van der Waals surface area contributed by atoms with Crippen LogP contribution in [0.25, 0.3) is 0 Å². The van der Waals surface area contributed by atoms with Crippen molar-refractivity contribution < 1.29 is 14.3 Å². The third-order valence-electron chi connectivity index (χ3n) is 2.82. The summed E-state index contributed by atoms with van der Waals surface area (Å²) in [7, 11) is 0. The van der Waals surface area contributed by atoms with Gasteiger partial charge in [0.2, 0.25) is 5.78 Å². The first-order chi connectivity index (χ1) is 7.58. The van der Waals surface area contributed by atoms with Crippen LogP contribution >= 0.6 is 0 Å². The molecule has 0 aromatic heterocycles. The van der Waals surface area contributed by atoms with Gasteiger partial charge in [-0.25, -0.2) is 0 Å². The van der Waals surface area contributed by atoms with Gasteiger partial charge >= 0.3 is 5.97 Å². The van der Waals surface area contributed by atoms with Crippen LogP contribution in [0.5, 0.6) is 0 Å². The minimum absolute atomic E-state index is 0.0802. The molecule has 3 nitrogen and oxygen atoms in total. The molecule has 2 rings (SSSR count). The predicted molar refractivity (Wildman–Crippen MR) is 59.4 cm³/mol. The topological polar surface area (TPSA) is 43.4 Å². The van der Waals surface area contributed by atoms with Gasteiger partial charge in [0.25, 0.3) is 0 Å². The standard InChI is InChI=1S/C13H14O3/c1-8-3-4-10(9(2)7-8)13(15)11-5-6-12(14)16-11/h3-4,7,11H,5-6H2,1-2H3. The maximum absolute atomic E-state index is 12.0. The van der Waals surface area contributed by atoms with Crippen LogP contribution in [0.1, 0.15) is 34.3 Å². The third kappa shape index (κ3) is 1.98. The molecule has 0 amide bonds. The second kappa shape index (κ2) is 4.08. The zero-order chi connectivity index (χ0) is 11.7. The van der Waals surface area contributed by atoms with Crippen LogP contribution in [0.4, 0.5) is 0 Å². The Balaban J connectivity index is 2.24. The molecule has 1 fully saturated rings. The lowest BCUT2D eigenvalue weighted by Gasteiger charge is -2.10. The number of aryl methyl sites for hydroxylation is 2. The molecule has 0 bridgehead atoms. The molecule has 1 aromatic carbocycles. The van der Waals surface area contributed by atoms with E-state index in [1.807, 2.05) is 26.0 Å². The fourth-order valence-electron chi connectivity index (χ4n) is 1.97. The Morgan fingerprint density at radius 3 is 2.69 bits per heavy atom. The highest BCUT2D eigenvalue weighted by Gasteiger charge is 2.30. The van der Waals surface area contributed by atoms with E-state index in [1.54, 1.807) is 6.07 Å². The van der Waals surface area contributed by atoms with Crippen molar-refractivity contribution in [2.45, 2.75) is 32.8 Å². The molecule has 1 aliphatic heterocycles. The molecule has 1 saturated heterocycles. The Kier molecular flexibility index (Phi) is 2.77. The summed E-state index contributed by atoms with van der Waals surface area (Å²) in [6, 6.07) is 5.67. The average Bonchev–Trinajstić information content (AvgIpc) is 2.64. The lowest BCUT2D eigenvalue weighted by atomic mass is 9.98. The number of rotatable bonds is 2. The molecule has 0 radical (unpaired) electrons. The van der Waals surface area contributed by atoms with Crippen LogP contribution in [0.2, 0.25) is 0 Å². The Bertz CT molecular complexity index is 448. The highest BCUT2D eigenvalue weighted by Crippen LogP contribution is 2.20. The Labute approximate surface area is 94.4 Å². The molecule has 1 aliphatic rings. The maximum Gasteiger partial charge on any atom is 0.306 e. The molecule has 1 unspecified atom stereocenters. The summed E-state index contributed by atoms with van der Waals surface area (Å²) in [6.45, 7) is 3.88. The molecule has 84 valence electrons. The number of hydrogen-bond acceptors (Lipinski definition) is 3. The Hall–Kier alpha value is -1.64. The largest absolute Gasteiger partial charge is 0.454 e. The lowest BCUT2D eigenvalue weighted by Crippen LogP contribution is -2.21. The van der Waals surface area contributed by atoms with Crippen LogP contribution in [-0.4, -0.2) is 17.9 Å². The van der Waals surface area contributed by atoms with Crippen molar-refractivity contribution in [3.8, 4) is 0 Å². The zero-order valence-electron chi connectivity index (χ0n) is 9.45. The number of benzene rings is 1. The predicted octanol–water partition coefficient (Wildman–Crippen LogP) is 2.19. The van der Waals surface area contributed by atoms with Gasteiger partial charge in [0.15, 0.2) is 6.10 Å². The number of hydrogen-bond donors (Lipinski definition) is 0. The van der Waals surface area contributed by atoms with Gasteiger partial charge in [0.05, 0.1) is 0 Å². The second-order valence-electron chi connectivity index (χ2n) is 4.20. The van der Waals surface area contributed by atoms with Crippen molar-refractivity contribution in [2.24, 2.45) is 0 Å². The minimum Gasteiger partial charge on any atom is -0.454 e. The number of Topliss-reactive ketones (excluding diaryl/α,β-unsaturated/α-hetero) is 1. The van der Waals surface area contributed by atoms with E-state index in [0.717, 1.165) is 11.1 Å². The summed E-state index contributed by atoms with van der Waals surface area (Å²) < 4.78 is 4.97. The Morgan fingerprint density at radius 2 is 2.12 bits per heavy atom. The van der Waals surface area contributed by atoms with Crippen LogP contribution in [0.3, 0.4) is 0 Å². The van der Waals surface area contributed by atoms with Crippen molar-refractivity contribution in [3.63, 3.8) is 0 Å². The molecule has 0 saturated carbocycles. The summed E-state index contributed by atoms with van der Waals surface area (Å²) in [5, 5.41) is 0. The molecule has 16 heavy (non-hydrogen) atoms. The smallest absolute Gasteiger partial charge is 0.306 e. The fraction of sp³-hybridized carbons (Fsp3) is 0.385. The number of ketones is 1. The number of carbonyl (C=O) groups excluding carboxylic acids is 2. The maximum atomic E-state index is 12.0. The number of cyclic esters (lactones) is 1. The van der Waals surface area contributed by atoms with Crippen molar-refractivity contribution >= 4 is 11.8 Å². The quantitative estimate of drug-likeness (QED) is 0.564. The second-order valence-corrected chi connectivity index (χ2v) is 4.20. The Morgan fingerprint density at radius 1 is 1.38 bits per heavy atom. The van der Waals surface area contributed by atoms with Crippen molar-refractivity contribution in [1.82, 2.24) is 0 Å². The number of ether oxygens (including phenoxy) is 1. The summed E-state index contributed by atoms with van der Waals surface area (Å²) in [5.41, 5.74) is 2.72.